The zero-order chi connectivity index (χ0) is 21.5. The lowest BCUT2D eigenvalue weighted by Gasteiger charge is -2.21. The molecule has 0 radical (unpaired) electrons. The minimum Gasteiger partial charge on any atom is -0.478 e. The summed E-state index contributed by atoms with van der Waals surface area (Å²) in [5, 5.41) is 12.1. The zero-order valence-electron chi connectivity index (χ0n) is 15.6. The number of hydrogen-bond donors (Lipinski definition) is 3. The van der Waals surface area contributed by atoms with Crippen molar-refractivity contribution in [1.29, 1.82) is 0 Å². The van der Waals surface area contributed by atoms with Crippen molar-refractivity contribution in [1.82, 2.24) is 0 Å². The Morgan fingerprint density at radius 3 is 1.87 bits per heavy atom. The molecule has 4 aromatic carbocycles. The fourth-order valence-corrected chi connectivity index (χ4v) is 4.76. The highest BCUT2D eigenvalue weighted by Gasteiger charge is 2.40. The Morgan fingerprint density at radius 2 is 1.27 bits per heavy atom. The van der Waals surface area contributed by atoms with Crippen LogP contribution in [0, 0.1) is 0 Å². The number of carbonyl (C=O) groups excluding carboxylic acids is 1. The second-order valence-corrected chi connectivity index (χ2v) is 8.67. The second kappa shape index (κ2) is 7.50. The van der Waals surface area contributed by atoms with Gasteiger partial charge < -0.3 is 14.9 Å². The van der Waals surface area contributed by atoms with Crippen LogP contribution in [-0.2, 0) is 4.57 Å². The topological polar surface area (TPSA) is 112 Å². The van der Waals surface area contributed by atoms with E-state index >= 15 is 0 Å². The first kappa shape index (κ1) is 20.0. The number of ketones is 1. The van der Waals surface area contributed by atoms with Gasteiger partial charge in [0.15, 0.2) is 5.78 Å². The van der Waals surface area contributed by atoms with Gasteiger partial charge in [0.1, 0.15) is 5.66 Å². The highest BCUT2D eigenvalue weighted by Crippen LogP contribution is 2.54. The molecule has 0 fully saturated rings. The average molecular weight is 420 g/mol. The molecule has 1 atom stereocenters. The van der Waals surface area contributed by atoms with Gasteiger partial charge in [-0.25, -0.2) is 4.79 Å². The number of hydrogen-bond acceptors (Lipinski definition) is 3. The van der Waals surface area contributed by atoms with Crippen LogP contribution < -0.4 is 0 Å². The van der Waals surface area contributed by atoms with Crippen molar-refractivity contribution < 1.29 is 29.0 Å². The monoisotopic (exact) mass is 420 g/mol. The first-order chi connectivity index (χ1) is 14.3. The van der Waals surface area contributed by atoms with Crippen molar-refractivity contribution in [3.05, 3.63) is 95.6 Å². The molecule has 150 valence electrons. The lowest BCUT2D eigenvalue weighted by molar-refractivity contribution is 0.0691. The van der Waals surface area contributed by atoms with Gasteiger partial charge in [0.25, 0.3) is 0 Å². The molecule has 0 aromatic heterocycles. The highest BCUT2D eigenvalue weighted by atomic mass is 31.2. The quantitative estimate of drug-likeness (QED) is 0.316. The van der Waals surface area contributed by atoms with Gasteiger partial charge in [0, 0.05) is 5.56 Å². The van der Waals surface area contributed by atoms with Gasteiger partial charge in [-0.2, -0.15) is 0 Å². The molecule has 1 unspecified atom stereocenters. The van der Waals surface area contributed by atoms with Crippen molar-refractivity contribution in [3.8, 4) is 0 Å². The number of fused-ring (bicyclic) bond motifs is 2. The molecule has 0 heterocycles. The predicted octanol–water partition coefficient (Wildman–Crippen LogP) is 4.79. The summed E-state index contributed by atoms with van der Waals surface area (Å²) in [6, 6.07) is 21.5. The van der Waals surface area contributed by atoms with E-state index in [1.54, 1.807) is 60.7 Å². The third-order valence-electron chi connectivity index (χ3n) is 5.08. The van der Waals surface area contributed by atoms with E-state index in [-0.39, 0.29) is 16.7 Å². The third-order valence-corrected chi connectivity index (χ3v) is 6.27. The molecule has 0 saturated heterocycles. The SMILES string of the molecule is O=C(O)c1cc2ccccc2cc1C(=O)C(c1cccc2ccccc12)P(=O)(O)O. The van der Waals surface area contributed by atoms with E-state index in [2.05, 4.69) is 0 Å². The van der Waals surface area contributed by atoms with Crippen molar-refractivity contribution in [2.45, 2.75) is 5.66 Å². The normalized spacial score (nSPS) is 12.7. The summed E-state index contributed by atoms with van der Waals surface area (Å²) < 4.78 is 12.5. The van der Waals surface area contributed by atoms with E-state index in [1.807, 2.05) is 0 Å². The van der Waals surface area contributed by atoms with Gasteiger partial charge in [0.2, 0.25) is 0 Å². The molecule has 4 rings (SSSR count). The molecule has 0 aliphatic carbocycles. The summed E-state index contributed by atoms with van der Waals surface area (Å²) in [6.45, 7) is 0. The van der Waals surface area contributed by atoms with E-state index in [4.69, 9.17) is 0 Å². The Kier molecular flexibility index (Phi) is 5.00. The summed E-state index contributed by atoms with van der Waals surface area (Å²) >= 11 is 0. The van der Waals surface area contributed by atoms with Crippen LogP contribution in [0.3, 0.4) is 0 Å². The minimum atomic E-state index is -4.98. The lowest BCUT2D eigenvalue weighted by Crippen LogP contribution is -2.17. The number of carboxylic acids is 1. The number of rotatable bonds is 5. The Labute approximate surface area is 171 Å². The molecule has 7 heteroatoms. The Hall–Kier alpha value is -3.31. The molecule has 6 nitrogen and oxygen atoms in total. The van der Waals surface area contributed by atoms with Gasteiger partial charge in [-0.05, 0) is 39.2 Å². The maximum atomic E-state index is 13.4. The predicted molar refractivity (Wildman–Crippen MR) is 114 cm³/mol. The van der Waals surface area contributed by atoms with E-state index in [0.29, 0.717) is 16.2 Å². The first-order valence-electron chi connectivity index (χ1n) is 9.10. The minimum absolute atomic E-state index is 0.163. The summed E-state index contributed by atoms with van der Waals surface area (Å²) in [6.07, 6.45) is 0. The molecule has 0 saturated carbocycles. The van der Waals surface area contributed by atoms with Crippen LogP contribution in [0.15, 0.2) is 78.9 Å². The van der Waals surface area contributed by atoms with Crippen LogP contribution in [0.25, 0.3) is 21.5 Å². The first-order valence-corrected chi connectivity index (χ1v) is 10.8. The molecule has 0 aliphatic rings. The fourth-order valence-electron chi connectivity index (χ4n) is 3.73. The second-order valence-electron chi connectivity index (χ2n) is 6.97. The van der Waals surface area contributed by atoms with Crippen LogP contribution >= 0.6 is 7.60 Å². The summed E-state index contributed by atoms with van der Waals surface area (Å²) in [5.74, 6) is -2.27. The van der Waals surface area contributed by atoms with Crippen LogP contribution in [0.1, 0.15) is 31.9 Å². The summed E-state index contributed by atoms with van der Waals surface area (Å²) in [4.78, 5) is 45.5. The Morgan fingerprint density at radius 1 is 0.733 bits per heavy atom. The van der Waals surface area contributed by atoms with Crippen molar-refractivity contribution in [2.75, 3.05) is 0 Å². The third kappa shape index (κ3) is 3.53. The fraction of sp³-hybridized carbons (Fsp3) is 0.0435. The van der Waals surface area contributed by atoms with Crippen molar-refractivity contribution in [2.24, 2.45) is 0 Å². The highest BCUT2D eigenvalue weighted by molar-refractivity contribution is 7.53. The number of benzene rings is 4. The van der Waals surface area contributed by atoms with E-state index in [9.17, 15) is 29.0 Å². The Balaban J connectivity index is 1.98. The van der Waals surface area contributed by atoms with E-state index < -0.39 is 25.0 Å². The van der Waals surface area contributed by atoms with Gasteiger partial charge in [0.05, 0.1) is 5.56 Å². The summed E-state index contributed by atoms with van der Waals surface area (Å²) in [7, 11) is -4.98. The molecule has 0 amide bonds. The zero-order valence-corrected chi connectivity index (χ0v) is 16.5. The number of aromatic carboxylic acids is 1. The molecule has 4 aromatic rings. The van der Waals surface area contributed by atoms with Gasteiger partial charge in [-0.15, -0.1) is 0 Å². The molecule has 0 aliphatic heterocycles. The number of carbonyl (C=O) groups is 2. The molecular formula is C23H17O6P. The molecular weight excluding hydrogens is 403 g/mol. The molecule has 3 N–H and O–H groups in total. The van der Waals surface area contributed by atoms with Crippen LogP contribution in [0.5, 0.6) is 0 Å². The van der Waals surface area contributed by atoms with E-state index in [1.165, 1.54) is 18.2 Å². The molecule has 0 bridgehead atoms. The number of carboxylic acid groups (broad SMARTS) is 1. The van der Waals surface area contributed by atoms with Crippen molar-refractivity contribution in [3.63, 3.8) is 0 Å². The maximum Gasteiger partial charge on any atom is 0.340 e. The Bertz CT molecular complexity index is 1350. The summed E-state index contributed by atoms with van der Waals surface area (Å²) in [5.41, 5.74) is -2.18. The van der Waals surface area contributed by atoms with E-state index in [0.717, 1.165) is 5.39 Å². The van der Waals surface area contributed by atoms with Crippen LogP contribution in [0.4, 0.5) is 0 Å². The largest absolute Gasteiger partial charge is 0.478 e. The molecule has 30 heavy (non-hydrogen) atoms. The van der Waals surface area contributed by atoms with Gasteiger partial charge in [-0.1, -0.05) is 66.7 Å². The smallest absolute Gasteiger partial charge is 0.340 e. The lowest BCUT2D eigenvalue weighted by atomic mass is 9.93. The average Bonchev–Trinajstić information content (AvgIpc) is 2.72. The standard InChI is InChI=1S/C23H17O6P/c24-21(19-12-15-7-1-2-8-16(15)13-20(19)23(25)26)22(30(27,28)29)18-11-5-9-14-6-3-4-10-17(14)18/h1-13,22H,(H,25,26)(H2,27,28,29). The van der Waals surface area contributed by atoms with Crippen molar-refractivity contribution >= 4 is 40.9 Å². The molecule has 0 spiro atoms. The van der Waals surface area contributed by atoms with Crippen LogP contribution in [-0.4, -0.2) is 26.6 Å². The van der Waals surface area contributed by atoms with Crippen LogP contribution in [0.2, 0.25) is 0 Å². The number of Topliss-reactive ketones (excluding diaryl/α,β-unsaturated/α-hetero) is 1. The van der Waals surface area contributed by atoms with Gasteiger partial charge in [-0.3, -0.25) is 9.36 Å². The van der Waals surface area contributed by atoms with Gasteiger partial charge >= 0.3 is 13.6 Å². The maximum absolute atomic E-state index is 13.4.